The van der Waals surface area contributed by atoms with Gasteiger partial charge in [-0.1, -0.05) is 17.7 Å². The molecule has 1 amide bonds. The van der Waals surface area contributed by atoms with E-state index in [4.69, 9.17) is 11.6 Å². The number of rotatable bonds is 4. The van der Waals surface area contributed by atoms with Gasteiger partial charge in [-0.15, -0.1) is 0 Å². The molecule has 0 aliphatic heterocycles. The molecule has 0 atom stereocenters. The molecule has 118 valence electrons. The van der Waals surface area contributed by atoms with E-state index < -0.39 is 0 Å². The second kappa shape index (κ2) is 6.38. The molecule has 0 aliphatic rings. The Balaban J connectivity index is 1.73. The molecule has 2 aromatic heterocycles. The fraction of sp³-hybridized carbons (Fsp3) is 0.235. The summed E-state index contributed by atoms with van der Waals surface area (Å²) < 4.78 is 2.12. The summed E-state index contributed by atoms with van der Waals surface area (Å²) in [6.45, 7) is 4.67. The van der Waals surface area contributed by atoms with E-state index in [0.29, 0.717) is 23.3 Å². The molecule has 0 unspecified atom stereocenters. The number of amides is 1. The number of halogens is 1. The summed E-state index contributed by atoms with van der Waals surface area (Å²) in [5, 5.41) is 3.18. The van der Waals surface area contributed by atoms with Gasteiger partial charge in [0, 0.05) is 24.3 Å². The van der Waals surface area contributed by atoms with Crippen LogP contribution in [-0.2, 0) is 6.54 Å². The molecule has 5 nitrogen and oxygen atoms in total. The van der Waals surface area contributed by atoms with Gasteiger partial charge in [0.25, 0.3) is 5.91 Å². The molecule has 0 radical (unpaired) electrons. The average molecular weight is 329 g/mol. The van der Waals surface area contributed by atoms with Crippen molar-refractivity contribution in [2.45, 2.75) is 26.4 Å². The molecular weight excluding hydrogens is 312 g/mol. The van der Waals surface area contributed by atoms with E-state index in [2.05, 4.69) is 33.7 Å². The molecular formula is C17H17ClN4O. The lowest BCUT2D eigenvalue weighted by atomic mass is 10.2. The summed E-state index contributed by atoms with van der Waals surface area (Å²) in [5.74, 6) is -0.179. The van der Waals surface area contributed by atoms with Gasteiger partial charge in [-0.2, -0.15) is 0 Å². The molecule has 1 aromatic carbocycles. The number of hydrogen-bond acceptors (Lipinski definition) is 3. The van der Waals surface area contributed by atoms with E-state index in [-0.39, 0.29) is 5.91 Å². The van der Waals surface area contributed by atoms with Gasteiger partial charge in [0.05, 0.1) is 17.4 Å². The Hall–Kier alpha value is -2.40. The molecule has 0 aliphatic carbocycles. The van der Waals surface area contributed by atoms with E-state index in [1.807, 2.05) is 24.5 Å². The van der Waals surface area contributed by atoms with E-state index in [1.165, 1.54) is 6.20 Å². The van der Waals surface area contributed by atoms with Gasteiger partial charge >= 0.3 is 0 Å². The maximum absolute atomic E-state index is 12.1. The number of carbonyl (C=O) groups is 1. The lowest BCUT2D eigenvalue weighted by Crippen LogP contribution is -2.22. The number of nitrogens with one attached hydrogen (secondary N) is 1. The van der Waals surface area contributed by atoms with Crippen LogP contribution in [0, 0.1) is 0 Å². The average Bonchev–Trinajstić information content (AvgIpc) is 2.96. The quantitative estimate of drug-likeness (QED) is 0.744. The molecule has 0 spiro atoms. The van der Waals surface area contributed by atoms with Crippen molar-refractivity contribution in [1.29, 1.82) is 0 Å². The van der Waals surface area contributed by atoms with Crippen LogP contribution in [0.1, 0.15) is 35.8 Å². The summed E-state index contributed by atoms with van der Waals surface area (Å²) in [4.78, 5) is 20.4. The van der Waals surface area contributed by atoms with Crippen LogP contribution in [0.3, 0.4) is 0 Å². The summed E-state index contributed by atoms with van der Waals surface area (Å²) in [5.41, 5.74) is 3.52. The number of aromatic nitrogens is 3. The van der Waals surface area contributed by atoms with Crippen LogP contribution in [0.15, 0.2) is 42.9 Å². The predicted molar refractivity (Wildman–Crippen MR) is 90.5 cm³/mol. The fourth-order valence-electron chi connectivity index (χ4n) is 2.43. The zero-order chi connectivity index (χ0) is 16.4. The highest BCUT2D eigenvalue weighted by Crippen LogP contribution is 2.18. The minimum atomic E-state index is -0.179. The van der Waals surface area contributed by atoms with E-state index in [1.54, 1.807) is 12.1 Å². The largest absolute Gasteiger partial charge is 0.348 e. The number of benzene rings is 1. The maximum Gasteiger partial charge on any atom is 0.251 e. The third-order valence-electron chi connectivity index (χ3n) is 3.64. The number of pyridine rings is 1. The van der Waals surface area contributed by atoms with E-state index in [9.17, 15) is 4.79 Å². The highest BCUT2D eigenvalue weighted by atomic mass is 35.5. The summed E-state index contributed by atoms with van der Waals surface area (Å²) in [6.07, 6.45) is 3.36. The van der Waals surface area contributed by atoms with Gasteiger partial charge in [0.15, 0.2) is 0 Å². The zero-order valence-corrected chi connectivity index (χ0v) is 13.7. The van der Waals surface area contributed by atoms with Crippen LogP contribution in [-0.4, -0.2) is 20.4 Å². The first-order chi connectivity index (χ1) is 11.0. The SMILES string of the molecule is CC(C)n1cnc2cc(CNC(=O)c3ccnc(Cl)c3)ccc21. The Bertz CT molecular complexity index is 857. The normalized spacial score (nSPS) is 11.1. The van der Waals surface area contributed by atoms with Crippen LogP contribution in [0.25, 0.3) is 11.0 Å². The van der Waals surface area contributed by atoms with Crippen molar-refractivity contribution in [2.75, 3.05) is 0 Å². The zero-order valence-electron chi connectivity index (χ0n) is 13.0. The van der Waals surface area contributed by atoms with Crippen LogP contribution in [0.4, 0.5) is 0 Å². The predicted octanol–water partition coefficient (Wildman–Crippen LogP) is 3.60. The van der Waals surface area contributed by atoms with Crippen molar-refractivity contribution in [2.24, 2.45) is 0 Å². The Labute approximate surface area is 139 Å². The van der Waals surface area contributed by atoms with E-state index >= 15 is 0 Å². The molecule has 2 heterocycles. The first kappa shape index (κ1) is 15.5. The smallest absolute Gasteiger partial charge is 0.251 e. The molecule has 23 heavy (non-hydrogen) atoms. The lowest BCUT2D eigenvalue weighted by molar-refractivity contribution is 0.0951. The van der Waals surface area contributed by atoms with Gasteiger partial charge in [0.2, 0.25) is 0 Å². The van der Waals surface area contributed by atoms with Crippen molar-refractivity contribution < 1.29 is 4.79 Å². The van der Waals surface area contributed by atoms with Gasteiger partial charge in [-0.25, -0.2) is 9.97 Å². The second-order valence-corrected chi connectivity index (χ2v) is 6.01. The van der Waals surface area contributed by atoms with Crippen LogP contribution in [0.5, 0.6) is 0 Å². The van der Waals surface area contributed by atoms with Crippen molar-refractivity contribution in [3.05, 3.63) is 59.1 Å². The van der Waals surface area contributed by atoms with Crippen molar-refractivity contribution >= 4 is 28.5 Å². The van der Waals surface area contributed by atoms with Gasteiger partial charge in [-0.3, -0.25) is 4.79 Å². The van der Waals surface area contributed by atoms with Crippen LogP contribution >= 0.6 is 11.6 Å². The molecule has 3 rings (SSSR count). The maximum atomic E-state index is 12.1. The third-order valence-corrected chi connectivity index (χ3v) is 3.84. The first-order valence-electron chi connectivity index (χ1n) is 7.40. The summed E-state index contributed by atoms with van der Waals surface area (Å²) in [6, 6.07) is 9.57. The minimum absolute atomic E-state index is 0.179. The molecule has 0 bridgehead atoms. The number of fused-ring (bicyclic) bond motifs is 1. The minimum Gasteiger partial charge on any atom is -0.348 e. The van der Waals surface area contributed by atoms with Crippen molar-refractivity contribution in [3.8, 4) is 0 Å². The molecule has 6 heteroatoms. The highest BCUT2D eigenvalue weighted by molar-refractivity contribution is 6.29. The number of hydrogen-bond donors (Lipinski definition) is 1. The number of imidazole rings is 1. The number of nitrogens with zero attached hydrogens (tertiary/aromatic N) is 3. The molecule has 0 fully saturated rings. The second-order valence-electron chi connectivity index (χ2n) is 5.62. The number of carbonyl (C=O) groups excluding carboxylic acids is 1. The van der Waals surface area contributed by atoms with Crippen LogP contribution < -0.4 is 5.32 Å². The topological polar surface area (TPSA) is 59.8 Å². The Morgan fingerprint density at radius 3 is 2.83 bits per heavy atom. The third kappa shape index (κ3) is 3.35. The molecule has 1 N–H and O–H groups in total. The summed E-state index contributed by atoms with van der Waals surface area (Å²) in [7, 11) is 0. The Kier molecular flexibility index (Phi) is 4.30. The first-order valence-corrected chi connectivity index (χ1v) is 7.77. The van der Waals surface area contributed by atoms with Gasteiger partial charge in [-0.05, 0) is 43.7 Å². The Morgan fingerprint density at radius 1 is 1.26 bits per heavy atom. The molecule has 0 saturated carbocycles. The van der Waals surface area contributed by atoms with Gasteiger partial charge < -0.3 is 9.88 Å². The summed E-state index contributed by atoms with van der Waals surface area (Å²) >= 11 is 5.80. The highest BCUT2D eigenvalue weighted by Gasteiger charge is 2.08. The monoisotopic (exact) mass is 328 g/mol. The van der Waals surface area contributed by atoms with Crippen molar-refractivity contribution in [1.82, 2.24) is 19.9 Å². The molecule has 3 aromatic rings. The van der Waals surface area contributed by atoms with Crippen molar-refractivity contribution in [3.63, 3.8) is 0 Å². The van der Waals surface area contributed by atoms with Crippen LogP contribution in [0.2, 0.25) is 5.15 Å². The standard InChI is InChI=1S/C17H17ClN4O/c1-11(2)22-10-21-14-7-12(3-4-15(14)22)9-20-17(23)13-5-6-19-16(18)8-13/h3-8,10-11H,9H2,1-2H3,(H,20,23). The van der Waals surface area contributed by atoms with Gasteiger partial charge in [0.1, 0.15) is 5.15 Å². The van der Waals surface area contributed by atoms with E-state index in [0.717, 1.165) is 16.6 Å². The lowest BCUT2D eigenvalue weighted by Gasteiger charge is -2.09. The fourth-order valence-corrected chi connectivity index (χ4v) is 2.60. The molecule has 0 saturated heterocycles. The Morgan fingerprint density at radius 2 is 2.09 bits per heavy atom.